The van der Waals surface area contributed by atoms with Gasteiger partial charge in [-0.1, -0.05) is 13.8 Å². The third kappa shape index (κ3) is 3.97. The maximum absolute atomic E-state index is 12.0. The molecular formula is C16H23N3O2. The lowest BCUT2D eigenvalue weighted by atomic mass is 10.1. The molecule has 5 heteroatoms. The van der Waals surface area contributed by atoms with Crippen molar-refractivity contribution in [2.45, 2.75) is 33.1 Å². The Morgan fingerprint density at radius 2 is 1.95 bits per heavy atom. The smallest absolute Gasteiger partial charge is 0.248 e. The minimum absolute atomic E-state index is 0.0351. The van der Waals surface area contributed by atoms with Crippen molar-refractivity contribution in [2.75, 3.05) is 23.3 Å². The van der Waals surface area contributed by atoms with Gasteiger partial charge in [-0.05, 0) is 37.0 Å². The van der Waals surface area contributed by atoms with Crippen molar-refractivity contribution in [3.63, 3.8) is 0 Å². The Morgan fingerprint density at radius 3 is 2.52 bits per heavy atom. The molecular weight excluding hydrogens is 266 g/mol. The summed E-state index contributed by atoms with van der Waals surface area (Å²) in [6.07, 6.45) is 2.76. The molecule has 1 aromatic rings. The number of carbonyl (C=O) groups is 2. The highest BCUT2D eigenvalue weighted by molar-refractivity contribution is 5.99. The summed E-state index contributed by atoms with van der Waals surface area (Å²) in [7, 11) is 0. The standard InChI is InChI=1S/C16H23N3O2/c1-11(2)9-15(20)18-13-10-12(16(17)21)5-6-14(13)19-7-3-4-8-19/h5-6,10-11H,3-4,7-9H2,1-2H3,(H2,17,21)(H,18,20). The SMILES string of the molecule is CC(C)CC(=O)Nc1cc(C(N)=O)ccc1N1CCCC1. The van der Waals surface area contributed by atoms with E-state index in [1.165, 1.54) is 0 Å². The number of rotatable bonds is 5. The lowest BCUT2D eigenvalue weighted by molar-refractivity contribution is -0.116. The van der Waals surface area contributed by atoms with E-state index in [9.17, 15) is 9.59 Å². The zero-order valence-electron chi connectivity index (χ0n) is 12.7. The molecule has 1 saturated heterocycles. The molecule has 1 heterocycles. The molecule has 1 aromatic carbocycles. The number of anilines is 2. The van der Waals surface area contributed by atoms with Gasteiger partial charge in [0.2, 0.25) is 11.8 Å². The molecule has 1 fully saturated rings. The van der Waals surface area contributed by atoms with Crippen LogP contribution in [0.15, 0.2) is 18.2 Å². The zero-order valence-corrected chi connectivity index (χ0v) is 12.7. The van der Waals surface area contributed by atoms with E-state index in [1.54, 1.807) is 12.1 Å². The first kappa shape index (κ1) is 15.4. The van der Waals surface area contributed by atoms with Gasteiger partial charge in [0, 0.05) is 25.1 Å². The van der Waals surface area contributed by atoms with E-state index in [4.69, 9.17) is 5.73 Å². The van der Waals surface area contributed by atoms with E-state index in [2.05, 4.69) is 10.2 Å². The number of carbonyl (C=O) groups excluding carboxylic acids is 2. The van der Waals surface area contributed by atoms with Crippen LogP contribution in [0.5, 0.6) is 0 Å². The number of nitrogens with zero attached hydrogens (tertiary/aromatic N) is 1. The minimum atomic E-state index is -0.484. The van der Waals surface area contributed by atoms with Crippen LogP contribution in [0.2, 0.25) is 0 Å². The Morgan fingerprint density at radius 1 is 1.29 bits per heavy atom. The number of hydrogen-bond acceptors (Lipinski definition) is 3. The Hall–Kier alpha value is -2.04. The molecule has 0 aromatic heterocycles. The summed E-state index contributed by atoms with van der Waals surface area (Å²) >= 11 is 0. The van der Waals surface area contributed by atoms with Crippen molar-refractivity contribution in [1.29, 1.82) is 0 Å². The van der Waals surface area contributed by atoms with Crippen LogP contribution in [0.3, 0.4) is 0 Å². The van der Waals surface area contributed by atoms with Gasteiger partial charge in [-0.15, -0.1) is 0 Å². The third-order valence-electron chi connectivity index (χ3n) is 3.60. The van der Waals surface area contributed by atoms with Crippen molar-refractivity contribution in [1.82, 2.24) is 0 Å². The van der Waals surface area contributed by atoms with Gasteiger partial charge in [-0.3, -0.25) is 9.59 Å². The number of amides is 2. The Labute approximate surface area is 125 Å². The quantitative estimate of drug-likeness (QED) is 0.873. The van der Waals surface area contributed by atoms with Gasteiger partial charge in [0.05, 0.1) is 11.4 Å². The van der Waals surface area contributed by atoms with E-state index < -0.39 is 5.91 Å². The molecule has 2 amide bonds. The summed E-state index contributed by atoms with van der Waals surface area (Å²) < 4.78 is 0. The van der Waals surface area contributed by atoms with Crippen molar-refractivity contribution in [2.24, 2.45) is 11.7 Å². The van der Waals surface area contributed by atoms with Crippen molar-refractivity contribution < 1.29 is 9.59 Å². The second kappa shape index (κ2) is 6.61. The molecule has 0 radical (unpaired) electrons. The van der Waals surface area contributed by atoms with E-state index >= 15 is 0 Å². The molecule has 114 valence electrons. The highest BCUT2D eigenvalue weighted by Gasteiger charge is 2.18. The summed E-state index contributed by atoms with van der Waals surface area (Å²) in [4.78, 5) is 25.6. The van der Waals surface area contributed by atoms with Crippen LogP contribution in [0, 0.1) is 5.92 Å². The maximum atomic E-state index is 12.0. The summed E-state index contributed by atoms with van der Waals surface area (Å²) in [6.45, 7) is 5.95. The molecule has 0 spiro atoms. The van der Waals surface area contributed by atoms with Gasteiger partial charge in [-0.25, -0.2) is 0 Å². The summed E-state index contributed by atoms with van der Waals surface area (Å²) in [5.41, 5.74) is 7.39. The monoisotopic (exact) mass is 289 g/mol. The molecule has 1 aliphatic rings. The maximum Gasteiger partial charge on any atom is 0.248 e. The molecule has 0 bridgehead atoms. The lowest BCUT2D eigenvalue weighted by Crippen LogP contribution is -2.22. The topological polar surface area (TPSA) is 75.4 Å². The number of hydrogen-bond donors (Lipinski definition) is 2. The van der Waals surface area contributed by atoms with Gasteiger partial charge in [0.25, 0.3) is 0 Å². The highest BCUT2D eigenvalue weighted by atomic mass is 16.2. The molecule has 0 aliphatic carbocycles. The molecule has 21 heavy (non-hydrogen) atoms. The average Bonchev–Trinajstić information content (AvgIpc) is 2.91. The summed E-state index contributed by atoms with van der Waals surface area (Å²) in [6, 6.07) is 5.26. The largest absolute Gasteiger partial charge is 0.370 e. The number of nitrogens with two attached hydrogens (primary N) is 1. The predicted octanol–water partition coefficient (Wildman–Crippen LogP) is 2.37. The highest BCUT2D eigenvalue weighted by Crippen LogP contribution is 2.30. The van der Waals surface area contributed by atoms with Crippen LogP contribution >= 0.6 is 0 Å². The van der Waals surface area contributed by atoms with Crippen molar-refractivity contribution in [3.05, 3.63) is 23.8 Å². The fourth-order valence-corrected chi connectivity index (χ4v) is 2.60. The number of primary amides is 1. The van der Waals surface area contributed by atoms with E-state index in [0.29, 0.717) is 23.6 Å². The lowest BCUT2D eigenvalue weighted by Gasteiger charge is -2.22. The Kier molecular flexibility index (Phi) is 4.83. The zero-order chi connectivity index (χ0) is 15.4. The van der Waals surface area contributed by atoms with Gasteiger partial charge in [-0.2, -0.15) is 0 Å². The van der Waals surface area contributed by atoms with Crippen LogP contribution in [-0.2, 0) is 4.79 Å². The van der Waals surface area contributed by atoms with Crippen molar-refractivity contribution >= 4 is 23.2 Å². The van der Waals surface area contributed by atoms with E-state index in [1.807, 2.05) is 19.9 Å². The van der Waals surface area contributed by atoms with Crippen molar-refractivity contribution in [3.8, 4) is 0 Å². The molecule has 0 atom stereocenters. The first-order valence-corrected chi connectivity index (χ1v) is 7.46. The molecule has 0 saturated carbocycles. The first-order chi connectivity index (χ1) is 9.97. The van der Waals surface area contributed by atoms with E-state index in [0.717, 1.165) is 31.6 Å². The average molecular weight is 289 g/mol. The molecule has 1 aliphatic heterocycles. The molecule has 3 N–H and O–H groups in total. The minimum Gasteiger partial charge on any atom is -0.370 e. The fourth-order valence-electron chi connectivity index (χ4n) is 2.60. The van der Waals surface area contributed by atoms with Gasteiger partial charge >= 0.3 is 0 Å². The molecule has 0 unspecified atom stereocenters. The second-order valence-corrected chi connectivity index (χ2v) is 5.94. The van der Waals surface area contributed by atoms with Crippen LogP contribution in [-0.4, -0.2) is 24.9 Å². The normalized spacial score (nSPS) is 14.5. The Balaban J connectivity index is 2.27. The fraction of sp³-hybridized carbons (Fsp3) is 0.500. The summed E-state index contributed by atoms with van der Waals surface area (Å²) in [5.74, 6) is -0.228. The number of nitrogens with one attached hydrogen (secondary N) is 1. The third-order valence-corrected chi connectivity index (χ3v) is 3.60. The van der Waals surface area contributed by atoms with E-state index in [-0.39, 0.29) is 5.91 Å². The van der Waals surface area contributed by atoms with Crippen LogP contribution < -0.4 is 16.0 Å². The second-order valence-electron chi connectivity index (χ2n) is 5.94. The van der Waals surface area contributed by atoms with Gasteiger partial charge in [0.15, 0.2) is 0 Å². The first-order valence-electron chi connectivity index (χ1n) is 7.46. The van der Waals surface area contributed by atoms with Crippen LogP contribution in [0.25, 0.3) is 0 Å². The predicted molar refractivity (Wildman–Crippen MR) is 84.5 cm³/mol. The molecule has 5 nitrogen and oxygen atoms in total. The van der Waals surface area contributed by atoms with Crippen LogP contribution in [0.1, 0.15) is 43.5 Å². The van der Waals surface area contributed by atoms with Gasteiger partial charge < -0.3 is 16.0 Å². The summed E-state index contributed by atoms with van der Waals surface area (Å²) in [5, 5.41) is 2.93. The molecule has 2 rings (SSSR count). The Bertz CT molecular complexity index is 534. The van der Waals surface area contributed by atoms with Crippen LogP contribution in [0.4, 0.5) is 11.4 Å². The van der Waals surface area contributed by atoms with Gasteiger partial charge in [0.1, 0.15) is 0 Å². The number of benzene rings is 1.